The third kappa shape index (κ3) is 4.87. The molecule has 1 aliphatic rings. The van der Waals surface area contributed by atoms with Crippen molar-refractivity contribution in [3.8, 4) is 0 Å². The lowest BCUT2D eigenvalue weighted by Crippen LogP contribution is -2.52. The van der Waals surface area contributed by atoms with E-state index < -0.39 is 10.0 Å². The molecule has 3 atom stereocenters. The SMILES string of the molecule is CC(Nc1cccc(NS(C)(=O)=O)c1)C(=O)N1C(C)CCCC1C. The number of sulfonamides is 1. The topological polar surface area (TPSA) is 78.5 Å². The monoisotopic (exact) mass is 353 g/mol. The molecule has 1 aromatic carbocycles. The van der Waals surface area contributed by atoms with Crippen LogP contribution in [0, 0.1) is 0 Å². The molecule has 0 spiro atoms. The molecule has 0 saturated carbocycles. The maximum atomic E-state index is 12.8. The molecule has 2 N–H and O–H groups in total. The van der Waals surface area contributed by atoms with Crippen LogP contribution in [-0.2, 0) is 14.8 Å². The summed E-state index contributed by atoms with van der Waals surface area (Å²) in [6.07, 6.45) is 4.35. The number of carbonyl (C=O) groups is 1. The zero-order valence-electron chi connectivity index (χ0n) is 14.7. The molecule has 1 heterocycles. The lowest BCUT2D eigenvalue weighted by atomic mass is 9.96. The molecule has 0 bridgehead atoms. The van der Waals surface area contributed by atoms with Crippen molar-refractivity contribution in [2.75, 3.05) is 16.3 Å². The fraction of sp³-hybridized carbons (Fsp3) is 0.588. The Labute approximate surface area is 144 Å². The highest BCUT2D eigenvalue weighted by atomic mass is 32.2. The minimum Gasteiger partial charge on any atom is -0.374 e. The fourth-order valence-electron chi connectivity index (χ4n) is 3.28. The first kappa shape index (κ1) is 18.6. The lowest BCUT2D eigenvalue weighted by molar-refractivity contribution is -0.137. The molecule has 134 valence electrons. The molecule has 0 radical (unpaired) electrons. The first-order valence-corrected chi connectivity index (χ1v) is 10.2. The van der Waals surface area contributed by atoms with Gasteiger partial charge < -0.3 is 10.2 Å². The van der Waals surface area contributed by atoms with Gasteiger partial charge in [-0.2, -0.15) is 0 Å². The van der Waals surface area contributed by atoms with E-state index in [1.54, 1.807) is 18.2 Å². The average molecular weight is 353 g/mol. The van der Waals surface area contributed by atoms with Crippen molar-refractivity contribution < 1.29 is 13.2 Å². The Bertz CT molecular complexity index is 680. The summed E-state index contributed by atoms with van der Waals surface area (Å²) in [5, 5.41) is 3.18. The fourth-order valence-corrected chi connectivity index (χ4v) is 3.83. The molecule has 2 rings (SSSR count). The van der Waals surface area contributed by atoms with Crippen LogP contribution in [0.3, 0.4) is 0 Å². The number of carbonyl (C=O) groups excluding carboxylic acids is 1. The van der Waals surface area contributed by atoms with Gasteiger partial charge in [-0.05, 0) is 58.2 Å². The van der Waals surface area contributed by atoms with Crippen molar-refractivity contribution in [3.05, 3.63) is 24.3 Å². The van der Waals surface area contributed by atoms with E-state index in [2.05, 4.69) is 23.9 Å². The molecule has 24 heavy (non-hydrogen) atoms. The van der Waals surface area contributed by atoms with Crippen LogP contribution in [0.15, 0.2) is 24.3 Å². The zero-order chi connectivity index (χ0) is 17.9. The quantitative estimate of drug-likeness (QED) is 0.853. The maximum Gasteiger partial charge on any atom is 0.245 e. The third-order valence-electron chi connectivity index (χ3n) is 4.37. The van der Waals surface area contributed by atoms with Gasteiger partial charge in [0.2, 0.25) is 15.9 Å². The second-order valence-corrected chi connectivity index (χ2v) is 8.44. The Morgan fingerprint density at radius 2 is 1.79 bits per heavy atom. The predicted octanol–water partition coefficient (Wildman–Crippen LogP) is 2.65. The second-order valence-electron chi connectivity index (χ2n) is 6.70. The number of nitrogens with one attached hydrogen (secondary N) is 2. The maximum absolute atomic E-state index is 12.8. The Hall–Kier alpha value is -1.76. The van der Waals surface area contributed by atoms with E-state index in [9.17, 15) is 13.2 Å². The van der Waals surface area contributed by atoms with Crippen LogP contribution in [0.5, 0.6) is 0 Å². The van der Waals surface area contributed by atoms with Gasteiger partial charge in [0.15, 0.2) is 0 Å². The predicted molar refractivity (Wildman–Crippen MR) is 97.6 cm³/mol. The Morgan fingerprint density at radius 3 is 2.38 bits per heavy atom. The van der Waals surface area contributed by atoms with E-state index in [0.717, 1.165) is 25.5 Å². The molecule has 1 aliphatic heterocycles. The van der Waals surface area contributed by atoms with Gasteiger partial charge in [0.25, 0.3) is 0 Å². The first-order valence-electron chi connectivity index (χ1n) is 8.34. The molecular weight excluding hydrogens is 326 g/mol. The number of anilines is 2. The van der Waals surface area contributed by atoms with Crippen LogP contribution >= 0.6 is 0 Å². The highest BCUT2D eigenvalue weighted by molar-refractivity contribution is 7.92. The molecule has 3 unspecified atom stereocenters. The van der Waals surface area contributed by atoms with E-state index in [0.29, 0.717) is 11.4 Å². The van der Waals surface area contributed by atoms with E-state index in [-0.39, 0.29) is 24.0 Å². The zero-order valence-corrected chi connectivity index (χ0v) is 15.6. The first-order chi connectivity index (χ1) is 11.2. The highest BCUT2D eigenvalue weighted by Crippen LogP contribution is 2.24. The van der Waals surface area contributed by atoms with E-state index in [1.165, 1.54) is 0 Å². The summed E-state index contributed by atoms with van der Waals surface area (Å²) in [7, 11) is -3.32. The molecule has 1 fully saturated rings. The van der Waals surface area contributed by atoms with Crippen molar-refractivity contribution in [2.45, 2.75) is 58.2 Å². The number of nitrogens with zero attached hydrogens (tertiary/aromatic N) is 1. The number of rotatable bonds is 5. The summed E-state index contributed by atoms with van der Waals surface area (Å²) in [5.74, 6) is 0.0798. The molecule has 1 amide bonds. The van der Waals surface area contributed by atoms with Crippen LogP contribution in [0.1, 0.15) is 40.0 Å². The van der Waals surface area contributed by atoms with Crippen LogP contribution in [0.2, 0.25) is 0 Å². The van der Waals surface area contributed by atoms with Gasteiger partial charge in [-0.25, -0.2) is 8.42 Å². The van der Waals surface area contributed by atoms with Crippen LogP contribution in [-0.4, -0.2) is 43.6 Å². The van der Waals surface area contributed by atoms with Crippen molar-refractivity contribution in [1.29, 1.82) is 0 Å². The summed E-state index contributed by atoms with van der Waals surface area (Å²) in [6, 6.07) is 7.06. The second kappa shape index (κ2) is 7.42. The lowest BCUT2D eigenvalue weighted by Gasteiger charge is -2.40. The van der Waals surface area contributed by atoms with E-state index in [1.807, 2.05) is 17.9 Å². The van der Waals surface area contributed by atoms with Crippen molar-refractivity contribution in [3.63, 3.8) is 0 Å². The minimum absolute atomic E-state index is 0.0798. The molecule has 6 nitrogen and oxygen atoms in total. The van der Waals surface area contributed by atoms with E-state index in [4.69, 9.17) is 0 Å². The summed E-state index contributed by atoms with van der Waals surface area (Å²) in [6.45, 7) is 6.03. The average Bonchev–Trinajstić information content (AvgIpc) is 2.45. The Kier molecular flexibility index (Phi) is 5.74. The van der Waals surface area contributed by atoms with Gasteiger partial charge in [0.05, 0.1) is 11.9 Å². The number of benzene rings is 1. The van der Waals surface area contributed by atoms with Gasteiger partial charge >= 0.3 is 0 Å². The number of piperidine rings is 1. The summed E-state index contributed by atoms with van der Waals surface area (Å²) in [4.78, 5) is 14.8. The number of likely N-dealkylation sites (tertiary alicyclic amines) is 1. The van der Waals surface area contributed by atoms with Gasteiger partial charge in [-0.3, -0.25) is 9.52 Å². The van der Waals surface area contributed by atoms with Gasteiger partial charge in [0, 0.05) is 17.8 Å². The van der Waals surface area contributed by atoms with E-state index >= 15 is 0 Å². The summed E-state index contributed by atoms with van der Waals surface area (Å²) in [5.41, 5.74) is 1.18. The third-order valence-corrected chi connectivity index (χ3v) is 4.97. The van der Waals surface area contributed by atoms with Crippen molar-refractivity contribution in [1.82, 2.24) is 4.90 Å². The van der Waals surface area contributed by atoms with Gasteiger partial charge in [0.1, 0.15) is 6.04 Å². The number of amides is 1. The Balaban J connectivity index is 2.07. The molecular formula is C17H27N3O3S. The standard InChI is InChI=1S/C17H27N3O3S/c1-12-7-5-8-13(2)20(12)17(21)14(3)18-15-9-6-10-16(11-15)19-24(4,22)23/h6,9-14,18-19H,5,7-8H2,1-4H3. The molecule has 1 saturated heterocycles. The van der Waals surface area contributed by atoms with Crippen LogP contribution in [0.25, 0.3) is 0 Å². The van der Waals surface area contributed by atoms with Gasteiger partial charge in [-0.1, -0.05) is 6.07 Å². The van der Waals surface area contributed by atoms with Crippen LogP contribution < -0.4 is 10.0 Å². The highest BCUT2D eigenvalue weighted by Gasteiger charge is 2.31. The van der Waals surface area contributed by atoms with Crippen molar-refractivity contribution >= 4 is 27.3 Å². The largest absolute Gasteiger partial charge is 0.374 e. The minimum atomic E-state index is -3.32. The van der Waals surface area contributed by atoms with Crippen LogP contribution in [0.4, 0.5) is 11.4 Å². The Morgan fingerprint density at radius 1 is 1.21 bits per heavy atom. The normalized spacial score (nSPS) is 22.8. The molecule has 1 aromatic rings. The number of hydrogen-bond acceptors (Lipinski definition) is 4. The number of hydrogen-bond donors (Lipinski definition) is 2. The van der Waals surface area contributed by atoms with Crippen molar-refractivity contribution in [2.24, 2.45) is 0 Å². The molecule has 0 aromatic heterocycles. The van der Waals surface area contributed by atoms with Gasteiger partial charge in [-0.15, -0.1) is 0 Å². The smallest absolute Gasteiger partial charge is 0.245 e. The molecule has 0 aliphatic carbocycles. The molecule has 7 heteroatoms. The summed E-state index contributed by atoms with van der Waals surface area (Å²) >= 11 is 0. The summed E-state index contributed by atoms with van der Waals surface area (Å²) < 4.78 is 25.1.